The Morgan fingerprint density at radius 2 is 1.85 bits per heavy atom. The van der Waals surface area contributed by atoms with Crippen LogP contribution in [0.25, 0.3) is 0 Å². The first-order valence-corrected chi connectivity index (χ1v) is 9.30. The second-order valence-corrected chi connectivity index (χ2v) is 7.15. The zero-order valence-electron chi connectivity index (χ0n) is 16.4. The minimum Gasteiger partial charge on any atom is -0.491 e. The molecule has 1 aromatic carbocycles. The topological polar surface area (TPSA) is 48.8 Å². The van der Waals surface area contributed by atoms with Gasteiger partial charge in [0, 0.05) is 38.9 Å². The van der Waals surface area contributed by atoms with Crippen LogP contribution in [-0.4, -0.2) is 60.4 Å². The van der Waals surface area contributed by atoms with Crippen molar-refractivity contribution in [2.24, 2.45) is 0 Å². The summed E-state index contributed by atoms with van der Waals surface area (Å²) >= 11 is 0. The van der Waals surface area contributed by atoms with Crippen molar-refractivity contribution in [1.29, 1.82) is 0 Å². The summed E-state index contributed by atoms with van der Waals surface area (Å²) in [6.45, 7) is 10.9. The summed E-state index contributed by atoms with van der Waals surface area (Å²) in [6.07, 6.45) is 1.34. The van der Waals surface area contributed by atoms with Crippen LogP contribution in [-0.2, 0) is 0 Å². The van der Waals surface area contributed by atoms with E-state index >= 15 is 0 Å². The molecule has 6 heteroatoms. The van der Waals surface area contributed by atoms with Crippen molar-refractivity contribution in [3.8, 4) is 5.75 Å². The Hall–Kier alpha value is -1.82. The molecule has 27 heavy (non-hydrogen) atoms. The Bertz CT molecular complexity index is 719. The standard InChI is InChI=1S/C21H29N3O2.ClH/c1-16-12-17(2)18(3)20(13-16)26-15-19(25)14-23-8-10-24(11-9-23)21-6-4-5-7-22-21;/h4-7,12-13,19,25H,8-11,14-15H2,1-3H3;1H. The number of hydrogen-bond donors (Lipinski definition) is 1. The van der Waals surface area contributed by atoms with Gasteiger partial charge < -0.3 is 14.7 Å². The molecule has 1 saturated heterocycles. The van der Waals surface area contributed by atoms with E-state index in [9.17, 15) is 5.11 Å². The highest BCUT2D eigenvalue weighted by atomic mass is 35.5. The van der Waals surface area contributed by atoms with E-state index in [2.05, 4.69) is 41.6 Å². The summed E-state index contributed by atoms with van der Waals surface area (Å²) in [7, 11) is 0. The lowest BCUT2D eigenvalue weighted by atomic mass is 10.1. The Morgan fingerprint density at radius 1 is 1.11 bits per heavy atom. The molecule has 0 bridgehead atoms. The number of nitrogens with zero attached hydrogens (tertiary/aromatic N) is 3. The minimum absolute atomic E-state index is 0. The monoisotopic (exact) mass is 391 g/mol. The van der Waals surface area contributed by atoms with Crippen LogP contribution in [0.5, 0.6) is 5.75 Å². The number of halogens is 1. The van der Waals surface area contributed by atoms with Gasteiger partial charge >= 0.3 is 0 Å². The first-order valence-electron chi connectivity index (χ1n) is 9.30. The molecule has 1 unspecified atom stereocenters. The van der Waals surface area contributed by atoms with Crippen LogP contribution in [0.1, 0.15) is 16.7 Å². The van der Waals surface area contributed by atoms with Crippen LogP contribution in [0.2, 0.25) is 0 Å². The summed E-state index contributed by atoms with van der Waals surface area (Å²) in [5, 5.41) is 10.4. The molecule has 0 amide bonds. The molecule has 5 nitrogen and oxygen atoms in total. The number of benzene rings is 1. The van der Waals surface area contributed by atoms with Crippen molar-refractivity contribution in [3.63, 3.8) is 0 Å². The lowest BCUT2D eigenvalue weighted by Gasteiger charge is -2.36. The number of ether oxygens (including phenoxy) is 1. The van der Waals surface area contributed by atoms with Crippen molar-refractivity contribution in [2.75, 3.05) is 44.2 Å². The predicted molar refractivity (Wildman–Crippen MR) is 112 cm³/mol. The molecule has 0 saturated carbocycles. The van der Waals surface area contributed by atoms with Crippen molar-refractivity contribution >= 4 is 18.2 Å². The quantitative estimate of drug-likeness (QED) is 0.820. The third-order valence-electron chi connectivity index (χ3n) is 5.01. The zero-order valence-corrected chi connectivity index (χ0v) is 17.2. The maximum atomic E-state index is 10.4. The van der Waals surface area contributed by atoms with E-state index in [1.807, 2.05) is 30.5 Å². The van der Waals surface area contributed by atoms with Gasteiger partial charge in [-0.1, -0.05) is 12.1 Å². The van der Waals surface area contributed by atoms with Gasteiger partial charge in [0.15, 0.2) is 0 Å². The lowest BCUT2D eigenvalue weighted by Crippen LogP contribution is -2.49. The number of aliphatic hydroxyl groups is 1. The molecular formula is C21H30ClN3O2. The SMILES string of the molecule is Cc1cc(C)c(C)c(OCC(O)CN2CCN(c3ccccn3)CC2)c1.Cl. The van der Waals surface area contributed by atoms with Crippen molar-refractivity contribution < 1.29 is 9.84 Å². The number of rotatable bonds is 6. The number of aromatic nitrogens is 1. The molecule has 0 radical (unpaired) electrons. The number of pyridine rings is 1. The molecule has 2 heterocycles. The maximum absolute atomic E-state index is 10.4. The fraction of sp³-hybridized carbons (Fsp3) is 0.476. The normalized spacial score (nSPS) is 15.9. The van der Waals surface area contributed by atoms with Gasteiger partial charge in [-0.05, 0) is 55.7 Å². The number of β-amino-alcohol motifs (C(OH)–C–C–N with tert-alkyl or cyclic N) is 1. The van der Waals surface area contributed by atoms with Gasteiger partial charge in [0.25, 0.3) is 0 Å². The smallest absolute Gasteiger partial charge is 0.128 e. The number of aliphatic hydroxyl groups excluding tert-OH is 1. The van der Waals surface area contributed by atoms with E-state index in [0.29, 0.717) is 13.2 Å². The minimum atomic E-state index is -0.489. The Labute approximate surface area is 168 Å². The Balaban J connectivity index is 0.00000261. The molecule has 0 aliphatic carbocycles. The van der Waals surface area contributed by atoms with E-state index in [1.165, 1.54) is 11.1 Å². The van der Waals surface area contributed by atoms with Crippen LogP contribution in [0.15, 0.2) is 36.5 Å². The molecule has 1 N–H and O–H groups in total. The van der Waals surface area contributed by atoms with Gasteiger partial charge in [0.1, 0.15) is 24.3 Å². The molecule has 1 atom stereocenters. The van der Waals surface area contributed by atoms with E-state index in [4.69, 9.17) is 4.74 Å². The molecule has 1 aliphatic rings. The summed E-state index contributed by atoms with van der Waals surface area (Å²) in [6, 6.07) is 10.2. The largest absolute Gasteiger partial charge is 0.491 e. The van der Waals surface area contributed by atoms with Crippen LogP contribution < -0.4 is 9.64 Å². The number of hydrogen-bond acceptors (Lipinski definition) is 5. The lowest BCUT2D eigenvalue weighted by molar-refractivity contribution is 0.0660. The summed E-state index contributed by atoms with van der Waals surface area (Å²) in [4.78, 5) is 9.00. The summed E-state index contributed by atoms with van der Waals surface area (Å²) in [5.74, 6) is 1.91. The van der Waals surface area contributed by atoms with Crippen LogP contribution in [0.4, 0.5) is 5.82 Å². The number of aryl methyl sites for hydroxylation is 2. The fourth-order valence-electron chi connectivity index (χ4n) is 3.39. The van der Waals surface area contributed by atoms with Gasteiger partial charge in [-0.3, -0.25) is 4.90 Å². The van der Waals surface area contributed by atoms with Crippen molar-refractivity contribution in [1.82, 2.24) is 9.88 Å². The van der Waals surface area contributed by atoms with Crippen LogP contribution in [0, 0.1) is 20.8 Å². The van der Waals surface area contributed by atoms with Gasteiger partial charge in [0.05, 0.1) is 0 Å². The van der Waals surface area contributed by atoms with Gasteiger partial charge in [-0.25, -0.2) is 4.98 Å². The maximum Gasteiger partial charge on any atom is 0.128 e. The van der Waals surface area contributed by atoms with E-state index in [0.717, 1.165) is 43.3 Å². The van der Waals surface area contributed by atoms with Gasteiger partial charge in [-0.15, -0.1) is 12.4 Å². The van der Waals surface area contributed by atoms with E-state index < -0.39 is 6.10 Å². The first kappa shape index (κ1) is 21.5. The third-order valence-corrected chi connectivity index (χ3v) is 5.01. The first-order chi connectivity index (χ1) is 12.5. The second-order valence-electron chi connectivity index (χ2n) is 7.15. The van der Waals surface area contributed by atoms with Gasteiger partial charge in [-0.2, -0.15) is 0 Å². The van der Waals surface area contributed by atoms with E-state index in [1.54, 1.807) is 0 Å². The predicted octanol–water partition coefficient (Wildman–Crippen LogP) is 2.99. The fourth-order valence-corrected chi connectivity index (χ4v) is 3.39. The summed E-state index contributed by atoms with van der Waals surface area (Å²) < 4.78 is 5.90. The Morgan fingerprint density at radius 3 is 2.52 bits per heavy atom. The molecule has 1 aliphatic heterocycles. The molecule has 0 spiro atoms. The van der Waals surface area contributed by atoms with Crippen LogP contribution in [0.3, 0.4) is 0 Å². The molecule has 3 rings (SSSR count). The highest BCUT2D eigenvalue weighted by molar-refractivity contribution is 5.85. The van der Waals surface area contributed by atoms with Crippen molar-refractivity contribution in [2.45, 2.75) is 26.9 Å². The molecule has 1 aromatic heterocycles. The summed E-state index contributed by atoms with van der Waals surface area (Å²) in [5.41, 5.74) is 3.55. The Kier molecular flexibility index (Phi) is 7.90. The highest BCUT2D eigenvalue weighted by Crippen LogP contribution is 2.23. The average molecular weight is 392 g/mol. The number of anilines is 1. The zero-order chi connectivity index (χ0) is 18.5. The highest BCUT2D eigenvalue weighted by Gasteiger charge is 2.20. The van der Waals surface area contributed by atoms with E-state index in [-0.39, 0.29) is 12.4 Å². The number of piperazine rings is 1. The van der Waals surface area contributed by atoms with Crippen molar-refractivity contribution in [3.05, 3.63) is 53.2 Å². The molecule has 1 fully saturated rings. The molecular weight excluding hydrogens is 362 g/mol. The third kappa shape index (κ3) is 5.83. The molecule has 148 valence electrons. The van der Waals surface area contributed by atoms with Gasteiger partial charge in [0.2, 0.25) is 0 Å². The van der Waals surface area contributed by atoms with Crippen LogP contribution >= 0.6 is 12.4 Å². The molecule has 2 aromatic rings. The second kappa shape index (κ2) is 9.93. The average Bonchev–Trinajstić information content (AvgIpc) is 2.65.